The number of hydrogen-bond donors (Lipinski definition) is 0. The van der Waals surface area contributed by atoms with Crippen LogP contribution in [0.2, 0.25) is 5.02 Å². The van der Waals surface area contributed by atoms with E-state index in [9.17, 15) is 9.18 Å². The number of ether oxygens (including phenoxy) is 3. The molecule has 4 nitrogen and oxygen atoms in total. The lowest BCUT2D eigenvalue weighted by Gasteiger charge is -2.10. The van der Waals surface area contributed by atoms with Gasteiger partial charge in [-0.15, -0.1) is 0 Å². The molecular formula is C26H24ClFO4. The predicted molar refractivity (Wildman–Crippen MR) is 121 cm³/mol. The number of carbonyl (C=O) groups is 1. The summed E-state index contributed by atoms with van der Waals surface area (Å²) in [5, 5.41) is 0.511. The Morgan fingerprint density at radius 1 is 1.03 bits per heavy atom. The monoisotopic (exact) mass is 454 g/mol. The molecule has 1 fully saturated rings. The van der Waals surface area contributed by atoms with Crippen molar-refractivity contribution in [1.29, 1.82) is 0 Å². The maximum atomic E-state index is 14.1. The third-order valence-electron chi connectivity index (χ3n) is 5.67. The van der Waals surface area contributed by atoms with Gasteiger partial charge in [-0.05, 0) is 54.4 Å². The number of benzene rings is 3. The Balaban J connectivity index is 1.38. The third-order valence-corrected chi connectivity index (χ3v) is 5.97. The highest BCUT2D eigenvalue weighted by Crippen LogP contribution is 2.55. The first-order chi connectivity index (χ1) is 15.3. The van der Waals surface area contributed by atoms with Crippen molar-refractivity contribution in [2.24, 2.45) is 11.3 Å². The van der Waals surface area contributed by atoms with E-state index in [-0.39, 0.29) is 29.8 Å². The Hall–Kier alpha value is -3.05. The quantitative estimate of drug-likeness (QED) is 0.371. The van der Waals surface area contributed by atoms with Crippen LogP contribution in [0, 0.1) is 24.1 Å². The Morgan fingerprint density at radius 3 is 2.50 bits per heavy atom. The molecule has 0 aromatic heterocycles. The van der Waals surface area contributed by atoms with Crippen molar-refractivity contribution in [3.63, 3.8) is 0 Å². The maximum Gasteiger partial charge on any atom is 0.313 e. The fourth-order valence-electron chi connectivity index (χ4n) is 3.65. The highest BCUT2D eigenvalue weighted by atomic mass is 35.5. The van der Waals surface area contributed by atoms with Crippen LogP contribution >= 0.6 is 11.6 Å². The molecule has 3 aromatic rings. The van der Waals surface area contributed by atoms with Crippen molar-refractivity contribution in [2.75, 3.05) is 0 Å². The smallest absolute Gasteiger partial charge is 0.313 e. The van der Waals surface area contributed by atoms with Crippen LogP contribution in [0.1, 0.15) is 25.0 Å². The molecule has 0 N–H and O–H groups in total. The van der Waals surface area contributed by atoms with Gasteiger partial charge in [0.05, 0.1) is 5.02 Å². The number of esters is 1. The average molecular weight is 455 g/mol. The van der Waals surface area contributed by atoms with Crippen LogP contribution in [0.15, 0.2) is 66.7 Å². The van der Waals surface area contributed by atoms with Gasteiger partial charge in [0.15, 0.2) is 11.6 Å². The molecule has 166 valence electrons. The van der Waals surface area contributed by atoms with Crippen molar-refractivity contribution >= 4 is 17.6 Å². The molecule has 32 heavy (non-hydrogen) atoms. The zero-order chi connectivity index (χ0) is 22.9. The van der Waals surface area contributed by atoms with Crippen LogP contribution in [-0.4, -0.2) is 12.1 Å². The second kappa shape index (κ2) is 8.83. The molecule has 0 radical (unpaired) electrons. The summed E-state index contributed by atoms with van der Waals surface area (Å²) in [5.74, 6) is -0.122. The van der Waals surface area contributed by atoms with Crippen molar-refractivity contribution in [1.82, 2.24) is 0 Å². The summed E-state index contributed by atoms with van der Waals surface area (Å²) in [5.41, 5.74) is 1.28. The van der Waals surface area contributed by atoms with E-state index in [4.69, 9.17) is 25.8 Å². The Kier molecular flexibility index (Phi) is 6.11. The van der Waals surface area contributed by atoms with Crippen LogP contribution in [0.25, 0.3) is 0 Å². The summed E-state index contributed by atoms with van der Waals surface area (Å²) in [6, 6.07) is 18.9. The normalized spacial score (nSPS) is 18.7. The molecule has 1 aliphatic carbocycles. The topological polar surface area (TPSA) is 44.8 Å². The zero-order valence-corrected chi connectivity index (χ0v) is 18.9. The summed E-state index contributed by atoms with van der Waals surface area (Å²) < 4.78 is 31.3. The number of aryl methyl sites for hydroxylation is 1. The first-order valence-electron chi connectivity index (χ1n) is 10.4. The average Bonchev–Trinajstić information content (AvgIpc) is 3.31. The number of hydrogen-bond acceptors (Lipinski definition) is 4. The number of rotatable bonds is 7. The van der Waals surface area contributed by atoms with Crippen molar-refractivity contribution in [3.05, 3.63) is 88.7 Å². The van der Waals surface area contributed by atoms with Gasteiger partial charge < -0.3 is 14.2 Å². The summed E-state index contributed by atoms with van der Waals surface area (Å²) in [7, 11) is 0. The standard InChI is InChI=1S/C26H24ClFO4/c1-16-9-12-21(19(27)13-16)32-24-23(26(24,2)3)25(29)30-15-17-10-11-20(28)22(14-17)31-18-7-5-4-6-8-18/h4-14,23-24H,15H2,1-3H3. The maximum absolute atomic E-state index is 14.1. The lowest BCUT2D eigenvalue weighted by atomic mass is 10.1. The molecule has 2 unspecified atom stereocenters. The van der Waals surface area contributed by atoms with E-state index in [2.05, 4.69) is 0 Å². The SMILES string of the molecule is Cc1ccc(OC2C(C(=O)OCc3ccc(F)c(Oc4ccccc4)c3)C2(C)C)c(Cl)c1. The predicted octanol–water partition coefficient (Wildman–Crippen LogP) is 6.73. The van der Waals surface area contributed by atoms with Gasteiger partial charge in [0.2, 0.25) is 0 Å². The van der Waals surface area contributed by atoms with Gasteiger partial charge in [-0.3, -0.25) is 4.79 Å². The molecule has 1 saturated carbocycles. The van der Waals surface area contributed by atoms with Crippen LogP contribution < -0.4 is 9.47 Å². The van der Waals surface area contributed by atoms with E-state index in [1.165, 1.54) is 12.1 Å². The molecule has 4 rings (SSSR count). The minimum absolute atomic E-state index is 0.00878. The molecule has 0 saturated heterocycles. The lowest BCUT2D eigenvalue weighted by Crippen LogP contribution is -2.12. The van der Waals surface area contributed by atoms with Crippen LogP contribution in [0.4, 0.5) is 4.39 Å². The van der Waals surface area contributed by atoms with E-state index < -0.39 is 11.7 Å². The lowest BCUT2D eigenvalue weighted by molar-refractivity contribution is -0.147. The largest absolute Gasteiger partial charge is 0.487 e. The minimum Gasteiger partial charge on any atom is -0.487 e. The van der Waals surface area contributed by atoms with Crippen LogP contribution in [0.5, 0.6) is 17.2 Å². The fraction of sp³-hybridized carbons (Fsp3) is 0.269. The van der Waals surface area contributed by atoms with Crippen molar-refractivity contribution < 1.29 is 23.4 Å². The zero-order valence-electron chi connectivity index (χ0n) is 18.1. The molecule has 2 atom stereocenters. The van der Waals surface area contributed by atoms with Gasteiger partial charge in [-0.25, -0.2) is 4.39 Å². The van der Waals surface area contributed by atoms with Crippen molar-refractivity contribution in [3.8, 4) is 17.2 Å². The van der Waals surface area contributed by atoms with Gasteiger partial charge in [0, 0.05) is 5.41 Å². The van der Waals surface area contributed by atoms with E-state index in [0.29, 0.717) is 22.1 Å². The highest BCUT2D eigenvalue weighted by Gasteiger charge is 2.65. The van der Waals surface area contributed by atoms with Gasteiger partial charge in [0.25, 0.3) is 0 Å². The van der Waals surface area contributed by atoms with Crippen LogP contribution in [-0.2, 0) is 16.1 Å². The number of para-hydroxylation sites is 1. The van der Waals surface area contributed by atoms with Gasteiger partial charge in [-0.1, -0.05) is 55.8 Å². The van der Waals surface area contributed by atoms with Gasteiger partial charge in [0.1, 0.15) is 30.1 Å². The molecule has 0 heterocycles. The first kappa shape index (κ1) is 22.2. The van der Waals surface area contributed by atoms with E-state index in [0.717, 1.165) is 5.56 Å². The summed E-state index contributed by atoms with van der Waals surface area (Å²) in [6.07, 6.45) is -0.333. The summed E-state index contributed by atoms with van der Waals surface area (Å²) in [6.45, 7) is 5.86. The molecule has 1 aliphatic rings. The molecule has 3 aromatic carbocycles. The first-order valence-corrected chi connectivity index (χ1v) is 10.7. The fourth-order valence-corrected chi connectivity index (χ4v) is 3.93. The van der Waals surface area contributed by atoms with E-state index in [1.807, 2.05) is 39.0 Å². The second-order valence-corrected chi connectivity index (χ2v) is 8.97. The Bertz CT molecular complexity index is 1130. The summed E-state index contributed by atoms with van der Waals surface area (Å²) >= 11 is 6.26. The molecule has 0 aliphatic heterocycles. The number of carbonyl (C=O) groups excluding carboxylic acids is 1. The van der Waals surface area contributed by atoms with Crippen molar-refractivity contribution in [2.45, 2.75) is 33.5 Å². The highest BCUT2D eigenvalue weighted by molar-refractivity contribution is 6.32. The minimum atomic E-state index is -0.490. The van der Waals surface area contributed by atoms with E-state index in [1.54, 1.807) is 36.4 Å². The van der Waals surface area contributed by atoms with Gasteiger partial charge in [-0.2, -0.15) is 0 Å². The summed E-state index contributed by atoms with van der Waals surface area (Å²) in [4.78, 5) is 12.7. The molecular weight excluding hydrogens is 431 g/mol. The second-order valence-electron chi connectivity index (χ2n) is 8.56. The van der Waals surface area contributed by atoms with Crippen LogP contribution in [0.3, 0.4) is 0 Å². The number of halogens is 2. The Labute approximate surface area is 191 Å². The van der Waals surface area contributed by atoms with E-state index >= 15 is 0 Å². The molecule has 6 heteroatoms. The third kappa shape index (κ3) is 4.73. The molecule has 0 bridgehead atoms. The van der Waals surface area contributed by atoms with Gasteiger partial charge >= 0.3 is 5.97 Å². The Morgan fingerprint density at radius 2 is 1.78 bits per heavy atom. The molecule has 0 spiro atoms. The molecule has 0 amide bonds.